The molecule has 0 saturated heterocycles. The summed E-state index contributed by atoms with van der Waals surface area (Å²) in [6, 6.07) is 0. The van der Waals surface area contributed by atoms with E-state index in [0.29, 0.717) is 17.6 Å². The molecule has 4 aliphatic carbocycles. The van der Waals surface area contributed by atoms with E-state index in [0.717, 1.165) is 31.6 Å². The largest absolute Gasteiger partial charge is 0.325 e. The highest BCUT2D eigenvalue weighted by atomic mass is 16.1. The van der Waals surface area contributed by atoms with Crippen LogP contribution in [0.15, 0.2) is 0 Å². The van der Waals surface area contributed by atoms with Gasteiger partial charge in [0.2, 0.25) is 0 Å². The molecule has 66 valence electrons. The van der Waals surface area contributed by atoms with Gasteiger partial charge in [-0.1, -0.05) is 0 Å². The fraction of sp³-hybridized carbons (Fsp3) is 0.900. The summed E-state index contributed by atoms with van der Waals surface area (Å²) < 4.78 is 0. The van der Waals surface area contributed by atoms with Crippen LogP contribution in [0.4, 0.5) is 0 Å². The molecule has 2 N–H and O–H groups in total. The summed E-state index contributed by atoms with van der Waals surface area (Å²) in [4.78, 5) is 11.7. The summed E-state index contributed by atoms with van der Waals surface area (Å²) in [5, 5.41) is 0. The van der Waals surface area contributed by atoms with Gasteiger partial charge in [0, 0.05) is 17.4 Å². The van der Waals surface area contributed by atoms with Crippen LogP contribution in [-0.2, 0) is 4.79 Å². The van der Waals surface area contributed by atoms with Crippen LogP contribution >= 0.6 is 0 Å². The molecule has 4 bridgehead atoms. The highest BCUT2D eigenvalue weighted by molar-refractivity contribution is 5.85. The second kappa shape index (κ2) is 1.92. The van der Waals surface area contributed by atoms with Gasteiger partial charge in [-0.05, 0) is 38.0 Å². The molecule has 4 fully saturated rings. The molecule has 0 radical (unpaired) electrons. The molecule has 2 heteroatoms. The van der Waals surface area contributed by atoms with Crippen molar-refractivity contribution in [3.8, 4) is 0 Å². The van der Waals surface area contributed by atoms with Crippen molar-refractivity contribution in [2.45, 2.75) is 37.6 Å². The lowest BCUT2D eigenvalue weighted by atomic mass is 9.53. The average molecular weight is 165 g/mol. The first kappa shape index (κ1) is 7.07. The third-order valence-electron chi connectivity index (χ3n) is 4.04. The van der Waals surface area contributed by atoms with Gasteiger partial charge in [-0.15, -0.1) is 0 Å². The van der Waals surface area contributed by atoms with E-state index in [9.17, 15) is 4.79 Å². The van der Waals surface area contributed by atoms with Crippen LogP contribution in [0.5, 0.6) is 0 Å². The quantitative estimate of drug-likeness (QED) is 0.584. The van der Waals surface area contributed by atoms with E-state index in [2.05, 4.69) is 0 Å². The minimum absolute atomic E-state index is 0.0599. The van der Waals surface area contributed by atoms with Crippen LogP contribution in [0.3, 0.4) is 0 Å². The Labute approximate surface area is 72.5 Å². The SMILES string of the molecule is NC12CC3C[C@H](C1)C(=O)[C@@H](C3)C2. The fourth-order valence-electron chi connectivity index (χ4n) is 3.81. The molecular weight excluding hydrogens is 150 g/mol. The standard InChI is InChI=1S/C10H15NO/c11-10-3-6-1-7(4-10)9(12)8(2-6)5-10/h6-8H,1-5,11H2/t6?,7-,8+,10?. The molecule has 0 aromatic rings. The van der Waals surface area contributed by atoms with Gasteiger partial charge in [0.25, 0.3) is 0 Å². The predicted octanol–water partition coefficient (Wildman–Crippen LogP) is 1.09. The molecule has 2 nitrogen and oxygen atoms in total. The molecule has 0 heterocycles. The molecule has 4 rings (SSSR count). The first-order valence-electron chi connectivity index (χ1n) is 4.99. The zero-order valence-corrected chi connectivity index (χ0v) is 7.25. The van der Waals surface area contributed by atoms with Crippen LogP contribution in [0.1, 0.15) is 32.1 Å². The molecule has 0 spiro atoms. The number of ketones is 1. The van der Waals surface area contributed by atoms with E-state index in [4.69, 9.17) is 5.73 Å². The Balaban J connectivity index is 2.00. The average Bonchev–Trinajstić information content (AvgIpc) is 1.96. The van der Waals surface area contributed by atoms with Crippen LogP contribution in [0.2, 0.25) is 0 Å². The van der Waals surface area contributed by atoms with Gasteiger partial charge in [0.15, 0.2) is 0 Å². The second-order valence-electron chi connectivity index (χ2n) is 5.11. The summed E-state index contributed by atoms with van der Waals surface area (Å²) in [5.74, 6) is 2.01. The van der Waals surface area contributed by atoms with Crippen LogP contribution < -0.4 is 5.73 Å². The van der Waals surface area contributed by atoms with E-state index >= 15 is 0 Å². The Bertz CT molecular complexity index is 230. The number of carbonyl (C=O) groups is 1. The maximum Gasteiger partial charge on any atom is 0.139 e. The minimum Gasteiger partial charge on any atom is -0.325 e. The van der Waals surface area contributed by atoms with Crippen molar-refractivity contribution in [1.82, 2.24) is 0 Å². The first-order chi connectivity index (χ1) is 5.66. The van der Waals surface area contributed by atoms with E-state index in [-0.39, 0.29) is 5.54 Å². The van der Waals surface area contributed by atoms with E-state index < -0.39 is 0 Å². The Morgan fingerprint density at radius 3 is 2.25 bits per heavy atom. The third kappa shape index (κ3) is 0.764. The Morgan fingerprint density at radius 2 is 1.75 bits per heavy atom. The summed E-state index contributed by atoms with van der Waals surface area (Å²) in [6.45, 7) is 0. The number of Topliss-reactive ketones (excluding diaryl/α,β-unsaturated/α-hetero) is 1. The molecule has 0 aromatic heterocycles. The van der Waals surface area contributed by atoms with Crippen LogP contribution in [-0.4, -0.2) is 11.3 Å². The molecule has 4 aliphatic rings. The third-order valence-corrected chi connectivity index (χ3v) is 4.04. The summed E-state index contributed by atoms with van der Waals surface area (Å²) in [7, 11) is 0. The topological polar surface area (TPSA) is 43.1 Å². The fourth-order valence-corrected chi connectivity index (χ4v) is 3.81. The van der Waals surface area contributed by atoms with Gasteiger partial charge in [-0.25, -0.2) is 0 Å². The number of nitrogens with two attached hydrogens (primary N) is 1. The molecule has 0 aromatic carbocycles. The zero-order chi connectivity index (χ0) is 8.34. The summed E-state index contributed by atoms with van der Waals surface area (Å²) in [5.41, 5.74) is 6.29. The lowest BCUT2D eigenvalue weighted by Crippen LogP contribution is -2.59. The smallest absolute Gasteiger partial charge is 0.139 e. The van der Waals surface area contributed by atoms with Gasteiger partial charge in [0.1, 0.15) is 5.78 Å². The van der Waals surface area contributed by atoms with E-state index in [1.807, 2.05) is 0 Å². The monoisotopic (exact) mass is 165 g/mol. The van der Waals surface area contributed by atoms with Gasteiger partial charge >= 0.3 is 0 Å². The van der Waals surface area contributed by atoms with Crippen molar-refractivity contribution < 1.29 is 4.79 Å². The zero-order valence-electron chi connectivity index (χ0n) is 7.25. The number of rotatable bonds is 0. The second-order valence-corrected chi connectivity index (χ2v) is 5.11. The maximum atomic E-state index is 11.7. The van der Waals surface area contributed by atoms with Gasteiger partial charge in [-0.2, -0.15) is 0 Å². The van der Waals surface area contributed by atoms with Gasteiger partial charge < -0.3 is 5.73 Å². The highest BCUT2D eigenvalue weighted by Gasteiger charge is 2.53. The van der Waals surface area contributed by atoms with Crippen molar-refractivity contribution in [2.24, 2.45) is 23.5 Å². The van der Waals surface area contributed by atoms with E-state index in [1.165, 1.54) is 6.42 Å². The molecule has 0 amide bonds. The van der Waals surface area contributed by atoms with Gasteiger partial charge in [0.05, 0.1) is 0 Å². The van der Waals surface area contributed by atoms with Crippen molar-refractivity contribution >= 4 is 5.78 Å². The van der Waals surface area contributed by atoms with E-state index in [1.54, 1.807) is 0 Å². The molecule has 4 saturated carbocycles. The predicted molar refractivity (Wildman–Crippen MR) is 45.5 cm³/mol. The number of hydrogen-bond donors (Lipinski definition) is 1. The first-order valence-corrected chi connectivity index (χ1v) is 4.99. The molecule has 2 unspecified atom stereocenters. The molecule has 4 atom stereocenters. The Morgan fingerprint density at radius 1 is 1.17 bits per heavy atom. The van der Waals surface area contributed by atoms with Gasteiger partial charge in [-0.3, -0.25) is 4.79 Å². The molecule has 0 aliphatic heterocycles. The number of carbonyl (C=O) groups excluding carboxylic acids is 1. The molecule has 12 heavy (non-hydrogen) atoms. The maximum absolute atomic E-state index is 11.7. The lowest BCUT2D eigenvalue weighted by Gasteiger charge is -2.53. The normalized spacial score (nSPS) is 56.4. The Kier molecular flexibility index (Phi) is 1.13. The minimum atomic E-state index is 0.0599. The highest BCUT2D eigenvalue weighted by Crippen LogP contribution is 2.52. The van der Waals surface area contributed by atoms with Crippen molar-refractivity contribution in [3.63, 3.8) is 0 Å². The van der Waals surface area contributed by atoms with Crippen molar-refractivity contribution in [1.29, 1.82) is 0 Å². The van der Waals surface area contributed by atoms with Crippen molar-refractivity contribution in [2.75, 3.05) is 0 Å². The lowest BCUT2D eigenvalue weighted by molar-refractivity contribution is -0.141. The van der Waals surface area contributed by atoms with Crippen LogP contribution in [0, 0.1) is 17.8 Å². The van der Waals surface area contributed by atoms with Crippen LogP contribution in [0.25, 0.3) is 0 Å². The Hall–Kier alpha value is -0.370. The van der Waals surface area contributed by atoms with Crippen molar-refractivity contribution in [3.05, 3.63) is 0 Å². The number of hydrogen-bond acceptors (Lipinski definition) is 2. The summed E-state index contributed by atoms with van der Waals surface area (Å²) >= 11 is 0. The summed E-state index contributed by atoms with van der Waals surface area (Å²) in [6.07, 6.45) is 5.45. The molecular formula is C10H15NO.